The Morgan fingerprint density at radius 3 is 2.70 bits per heavy atom. The van der Waals surface area contributed by atoms with Gasteiger partial charge >= 0.3 is 0 Å². The number of hydrogen-bond acceptors (Lipinski definition) is 3. The van der Waals surface area contributed by atoms with Crippen LogP contribution in [0.1, 0.15) is 50.1 Å². The highest BCUT2D eigenvalue weighted by atomic mass is 16.5. The average Bonchev–Trinajstić information content (AvgIpc) is 3.28. The van der Waals surface area contributed by atoms with E-state index >= 15 is 0 Å². The van der Waals surface area contributed by atoms with Crippen molar-refractivity contribution in [3.63, 3.8) is 0 Å². The van der Waals surface area contributed by atoms with Crippen LogP contribution in [-0.2, 0) is 4.79 Å². The number of amides is 1. The summed E-state index contributed by atoms with van der Waals surface area (Å²) >= 11 is 0. The standard InChI is InChI=1S/C23H28N2O2/c1-27-20-11-4-9-18(15-20)21-12-5-13-22(24-21)19-10-6-14-25(16-19)23(26)17-7-2-3-8-17/h4-5,9,11-13,15,17,19H,2-3,6-8,10,14,16H2,1H3/t19-/m0/s1. The molecule has 0 radical (unpaired) electrons. The summed E-state index contributed by atoms with van der Waals surface area (Å²) in [6.45, 7) is 1.71. The predicted molar refractivity (Wildman–Crippen MR) is 107 cm³/mol. The Morgan fingerprint density at radius 1 is 1.07 bits per heavy atom. The van der Waals surface area contributed by atoms with Crippen LogP contribution in [0.5, 0.6) is 5.75 Å². The first kappa shape index (κ1) is 18.0. The molecule has 1 atom stereocenters. The normalized spacial score (nSPS) is 20.6. The molecule has 142 valence electrons. The molecule has 1 saturated carbocycles. The number of piperidine rings is 1. The van der Waals surface area contributed by atoms with Crippen LogP contribution in [0.15, 0.2) is 42.5 Å². The van der Waals surface area contributed by atoms with Gasteiger partial charge in [0.2, 0.25) is 5.91 Å². The minimum Gasteiger partial charge on any atom is -0.497 e. The van der Waals surface area contributed by atoms with Gasteiger partial charge in [0.05, 0.1) is 12.8 Å². The molecular weight excluding hydrogens is 336 g/mol. The third-order valence-electron chi connectivity index (χ3n) is 5.99. The average molecular weight is 364 g/mol. The zero-order chi connectivity index (χ0) is 18.6. The summed E-state index contributed by atoms with van der Waals surface area (Å²) in [6.07, 6.45) is 6.72. The van der Waals surface area contributed by atoms with Gasteiger partial charge in [-0.2, -0.15) is 0 Å². The van der Waals surface area contributed by atoms with Gasteiger partial charge in [-0.1, -0.05) is 31.0 Å². The molecule has 2 aromatic rings. The second-order valence-electron chi connectivity index (χ2n) is 7.78. The Kier molecular flexibility index (Phi) is 5.42. The molecule has 0 N–H and O–H groups in total. The summed E-state index contributed by atoms with van der Waals surface area (Å²) in [5, 5.41) is 0. The quantitative estimate of drug-likeness (QED) is 0.793. The maximum Gasteiger partial charge on any atom is 0.225 e. The lowest BCUT2D eigenvalue weighted by Crippen LogP contribution is -2.42. The number of aromatic nitrogens is 1. The van der Waals surface area contributed by atoms with E-state index in [0.717, 1.165) is 61.5 Å². The lowest BCUT2D eigenvalue weighted by Gasteiger charge is -2.34. The predicted octanol–water partition coefficient (Wildman–Crippen LogP) is 4.65. The van der Waals surface area contributed by atoms with E-state index in [9.17, 15) is 4.79 Å². The number of nitrogens with zero attached hydrogens (tertiary/aromatic N) is 2. The molecule has 2 fully saturated rings. The zero-order valence-electron chi connectivity index (χ0n) is 16.1. The zero-order valence-corrected chi connectivity index (χ0v) is 16.1. The van der Waals surface area contributed by atoms with Crippen molar-refractivity contribution in [1.82, 2.24) is 9.88 Å². The summed E-state index contributed by atoms with van der Waals surface area (Å²) < 4.78 is 5.34. The lowest BCUT2D eigenvalue weighted by molar-refractivity contribution is -0.136. The van der Waals surface area contributed by atoms with Crippen molar-refractivity contribution in [2.24, 2.45) is 5.92 Å². The Balaban J connectivity index is 1.51. The molecule has 1 aromatic carbocycles. The Bertz CT molecular complexity index is 798. The number of hydrogen-bond donors (Lipinski definition) is 0. The van der Waals surface area contributed by atoms with E-state index in [1.165, 1.54) is 12.8 Å². The largest absolute Gasteiger partial charge is 0.497 e. The van der Waals surface area contributed by atoms with Crippen LogP contribution in [0, 0.1) is 5.92 Å². The van der Waals surface area contributed by atoms with Crippen molar-refractivity contribution in [1.29, 1.82) is 0 Å². The Hall–Kier alpha value is -2.36. The number of likely N-dealkylation sites (tertiary alicyclic amines) is 1. The number of methoxy groups -OCH3 is 1. The van der Waals surface area contributed by atoms with Crippen LogP contribution in [0.4, 0.5) is 0 Å². The van der Waals surface area contributed by atoms with E-state index < -0.39 is 0 Å². The first-order chi connectivity index (χ1) is 13.2. The fourth-order valence-electron chi connectivity index (χ4n) is 4.47. The molecule has 2 heterocycles. The molecule has 1 aliphatic carbocycles. The van der Waals surface area contributed by atoms with Gasteiger partial charge in [0.25, 0.3) is 0 Å². The molecule has 1 aliphatic heterocycles. The summed E-state index contributed by atoms with van der Waals surface area (Å²) in [7, 11) is 1.68. The Morgan fingerprint density at radius 2 is 1.89 bits per heavy atom. The van der Waals surface area contributed by atoms with Crippen LogP contribution < -0.4 is 4.74 Å². The number of rotatable bonds is 4. The van der Waals surface area contributed by atoms with Gasteiger partial charge in [0.15, 0.2) is 0 Å². The maximum atomic E-state index is 12.8. The van der Waals surface area contributed by atoms with Crippen LogP contribution in [0.2, 0.25) is 0 Å². The van der Waals surface area contributed by atoms with E-state index in [0.29, 0.717) is 11.8 Å². The minimum absolute atomic E-state index is 0.264. The number of carbonyl (C=O) groups is 1. The van der Waals surface area contributed by atoms with Crippen molar-refractivity contribution in [3.05, 3.63) is 48.2 Å². The molecule has 4 nitrogen and oxygen atoms in total. The van der Waals surface area contributed by atoms with Crippen LogP contribution in [0.25, 0.3) is 11.3 Å². The maximum absolute atomic E-state index is 12.8. The highest BCUT2D eigenvalue weighted by Crippen LogP contribution is 2.32. The monoisotopic (exact) mass is 364 g/mol. The molecule has 4 heteroatoms. The summed E-state index contributed by atoms with van der Waals surface area (Å²) in [5.74, 6) is 1.81. The Labute approximate surface area is 161 Å². The second-order valence-corrected chi connectivity index (χ2v) is 7.78. The number of ether oxygens (including phenoxy) is 1. The van der Waals surface area contributed by atoms with Crippen molar-refractivity contribution < 1.29 is 9.53 Å². The molecule has 1 saturated heterocycles. The van der Waals surface area contributed by atoms with Gasteiger partial charge in [-0.3, -0.25) is 9.78 Å². The fraction of sp³-hybridized carbons (Fsp3) is 0.478. The van der Waals surface area contributed by atoms with Crippen molar-refractivity contribution >= 4 is 5.91 Å². The van der Waals surface area contributed by atoms with Gasteiger partial charge in [0.1, 0.15) is 5.75 Å². The van der Waals surface area contributed by atoms with Gasteiger partial charge in [-0.15, -0.1) is 0 Å². The highest BCUT2D eigenvalue weighted by Gasteiger charge is 2.31. The third kappa shape index (κ3) is 4.00. The van der Waals surface area contributed by atoms with Gasteiger partial charge in [0, 0.05) is 36.2 Å². The molecule has 4 rings (SSSR count). The van der Waals surface area contributed by atoms with E-state index in [-0.39, 0.29) is 5.92 Å². The molecular formula is C23H28N2O2. The van der Waals surface area contributed by atoms with Crippen molar-refractivity contribution in [2.75, 3.05) is 20.2 Å². The number of benzene rings is 1. The van der Waals surface area contributed by atoms with E-state index in [2.05, 4.69) is 23.1 Å². The van der Waals surface area contributed by atoms with Crippen molar-refractivity contribution in [2.45, 2.75) is 44.4 Å². The molecule has 1 aromatic heterocycles. The minimum atomic E-state index is 0.264. The first-order valence-corrected chi connectivity index (χ1v) is 10.1. The SMILES string of the molecule is COc1cccc(-c2cccc([C@H]3CCCN(C(=O)C4CCCC4)C3)n2)c1. The molecule has 1 amide bonds. The van der Waals surface area contributed by atoms with Crippen molar-refractivity contribution in [3.8, 4) is 17.0 Å². The molecule has 0 bridgehead atoms. The summed E-state index contributed by atoms with van der Waals surface area (Å²) in [5.41, 5.74) is 3.12. The summed E-state index contributed by atoms with van der Waals surface area (Å²) in [4.78, 5) is 19.9. The second kappa shape index (κ2) is 8.12. The van der Waals surface area contributed by atoms with Gasteiger partial charge < -0.3 is 9.64 Å². The highest BCUT2D eigenvalue weighted by molar-refractivity contribution is 5.79. The lowest BCUT2D eigenvalue weighted by atomic mass is 9.92. The van der Waals surface area contributed by atoms with E-state index in [1.54, 1.807) is 7.11 Å². The molecule has 2 aliphatic rings. The number of pyridine rings is 1. The van der Waals surface area contributed by atoms with E-state index in [1.807, 2.05) is 24.3 Å². The molecule has 0 unspecified atom stereocenters. The molecule has 27 heavy (non-hydrogen) atoms. The topological polar surface area (TPSA) is 42.4 Å². The van der Waals surface area contributed by atoms with Crippen LogP contribution in [0.3, 0.4) is 0 Å². The number of carbonyl (C=O) groups excluding carboxylic acids is 1. The van der Waals surface area contributed by atoms with Gasteiger partial charge in [-0.05, 0) is 49.9 Å². The first-order valence-electron chi connectivity index (χ1n) is 10.1. The van der Waals surface area contributed by atoms with E-state index in [4.69, 9.17) is 9.72 Å². The molecule has 0 spiro atoms. The third-order valence-corrected chi connectivity index (χ3v) is 5.99. The van der Waals surface area contributed by atoms with Crippen LogP contribution >= 0.6 is 0 Å². The smallest absolute Gasteiger partial charge is 0.225 e. The summed E-state index contributed by atoms with van der Waals surface area (Å²) in [6, 6.07) is 14.2. The fourth-order valence-corrected chi connectivity index (χ4v) is 4.47. The van der Waals surface area contributed by atoms with Crippen LogP contribution in [-0.4, -0.2) is 36.0 Å². The van der Waals surface area contributed by atoms with Gasteiger partial charge in [-0.25, -0.2) is 0 Å².